The molecule has 0 bridgehead atoms. The van der Waals surface area contributed by atoms with Crippen LogP contribution >= 0.6 is 15.9 Å². The van der Waals surface area contributed by atoms with Gasteiger partial charge in [-0.15, -0.1) is 0 Å². The fourth-order valence-electron chi connectivity index (χ4n) is 1.56. The molecule has 0 atom stereocenters. The van der Waals surface area contributed by atoms with E-state index < -0.39 is 5.82 Å². The van der Waals surface area contributed by atoms with Gasteiger partial charge in [0.2, 0.25) is 0 Å². The first-order valence-electron chi connectivity index (χ1n) is 5.73. The molecular weight excluding hydrogens is 331 g/mol. The third-order valence-corrected chi connectivity index (χ3v) is 3.37. The van der Waals surface area contributed by atoms with Crippen molar-refractivity contribution in [2.75, 3.05) is 0 Å². The van der Waals surface area contributed by atoms with Crippen molar-refractivity contribution in [2.24, 2.45) is 10.9 Å². The number of rotatable bonds is 4. The van der Waals surface area contributed by atoms with Crippen molar-refractivity contribution in [2.45, 2.75) is 13.5 Å². The SMILES string of the molecule is CCn1cc(Oc2ccc(/C(N)=N/O)c(Br)c2F)cn1. The predicted octanol–water partition coefficient (Wildman–Crippen LogP) is 2.69. The Balaban J connectivity index is 2.32. The molecule has 1 aromatic carbocycles. The number of halogens is 2. The van der Waals surface area contributed by atoms with E-state index in [0.717, 1.165) is 0 Å². The van der Waals surface area contributed by atoms with Crippen molar-refractivity contribution in [1.29, 1.82) is 0 Å². The Morgan fingerprint density at radius 3 is 2.95 bits per heavy atom. The number of oxime groups is 1. The van der Waals surface area contributed by atoms with Crippen LogP contribution in [0.1, 0.15) is 12.5 Å². The second-order valence-corrected chi connectivity index (χ2v) is 4.65. The number of aryl methyl sites for hydroxylation is 1. The highest BCUT2D eigenvalue weighted by molar-refractivity contribution is 9.10. The average molecular weight is 343 g/mol. The van der Waals surface area contributed by atoms with Gasteiger partial charge in [0.05, 0.1) is 16.9 Å². The number of hydrogen-bond donors (Lipinski definition) is 2. The van der Waals surface area contributed by atoms with Crippen molar-refractivity contribution in [3.8, 4) is 11.5 Å². The van der Waals surface area contributed by atoms with E-state index in [0.29, 0.717) is 12.3 Å². The predicted molar refractivity (Wildman–Crippen MR) is 74.6 cm³/mol. The van der Waals surface area contributed by atoms with Crippen LogP contribution in [0.25, 0.3) is 0 Å². The molecule has 20 heavy (non-hydrogen) atoms. The van der Waals surface area contributed by atoms with Crippen LogP contribution in [0.5, 0.6) is 11.5 Å². The third-order valence-electron chi connectivity index (χ3n) is 2.59. The van der Waals surface area contributed by atoms with E-state index in [1.807, 2.05) is 6.92 Å². The maximum absolute atomic E-state index is 14.1. The Labute approximate surface area is 122 Å². The first kappa shape index (κ1) is 14.3. The van der Waals surface area contributed by atoms with Crippen molar-refractivity contribution in [1.82, 2.24) is 9.78 Å². The van der Waals surface area contributed by atoms with Crippen LogP contribution in [0, 0.1) is 5.82 Å². The molecule has 0 amide bonds. The van der Waals surface area contributed by atoms with E-state index in [4.69, 9.17) is 15.7 Å². The Bertz CT molecular complexity index is 657. The summed E-state index contributed by atoms with van der Waals surface area (Å²) in [7, 11) is 0. The van der Waals surface area contributed by atoms with Crippen molar-refractivity contribution in [3.05, 3.63) is 40.4 Å². The standard InChI is InChI=1S/C12H12BrFN4O2/c1-2-18-6-7(5-16-18)20-9-4-3-8(12(15)17-19)10(13)11(9)14/h3-6,19H,2H2,1H3,(H2,15,17). The molecule has 2 rings (SSSR count). The van der Waals surface area contributed by atoms with Gasteiger partial charge in [-0.05, 0) is 35.0 Å². The van der Waals surface area contributed by atoms with Gasteiger partial charge in [0.15, 0.2) is 23.2 Å². The molecule has 0 spiro atoms. The lowest BCUT2D eigenvalue weighted by molar-refractivity contribution is 0.318. The monoisotopic (exact) mass is 342 g/mol. The first-order chi connectivity index (χ1) is 9.56. The zero-order chi connectivity index (χ0) is 14.7. The van der Waals surface area contributed by atoms with Gasteiger partial charge >= 0.3 is 0 Å². The van der Waals surface area contributed by atoms with E-state index in [1.165, 1.54) is 18.3 Å². The molecule has 6 nitrogen and oxygen atoms in total. The highest BCUT2D eigenvalue weighted by Crippen LogP contribution is 2.31. The number of nitrogens with zero attached hydrogens (tertiary/aromatic N) is 3. The van der Waals surface area contributed by atoms with E-state index in [1.54, 1.807) is 10.9 Å². The number of hydrogen-bond acceptors (Lipinski definition) is 4. The number of benzene rings is 1. The first-order valence-corrected chi connectivity index (χ1v) is 6.52. The molecule has 0 aliphatic carbocycles. The lowest BCUT2D eigenvalue weighted by Crippen LogP contribution is -2.14. The van der Waals surface area contributed by atoms with Gasteiger partial charge in [0.1, 0.15) is 0 Å². The summed E-state index contributed by atoms with van der Waals surface area (Å²) < 4.78 is 21.3. The highest BCUT2D eigenvalue weighted by atomic mass is 79.9. The number of nitrogens with two attached hydrogens (primary N) is 1. The summed E-state index contributed by atoms with van der Waals surface area (Å²) in [6.07, 6.45) is 3.15. The fraction of sp³-hybridized carbons (Fsp3) is 0.167. The van der Waals surface area contributed by atoms with Gasteiger partial charge in [-0.1, -0.05) is 5.16 Å². The molecule has 0 aliphatic rings. The summed E-state index contributed by atoms with van der Waals surface area (Å²) in [6, 6.07) is 2.89. The van der Waals surface area contributed by atoms with Crippen LogP contribution in [-0.2, 0) is 6.54 Å². The molecule has 0 aliphatic heterocycles. The zero-order valence-corrected chi connectivity index (χ0v) is 12.1. The van der Waals surface area contributed by atoms with Gasteiger partial charge in [0.25, 0.3) is 0 Å². The molecule has 1 heterocycles. The molecule has 106 valence electrons. The lowest BCUT2D eigenvalue weighted by Gasteiger charge is -2.08. The van der Waals surface area contributed by atoms with Gasteiger partial charge in [-0.3, -0.25) is 4.68 Å². The normalized spacial score (nSPS) is 11.7. The molecule has 1 aromatic heterocycles. The summed E-state index contributed by atoms with van der Waals surface area (Å²) in [5.41, 5.74) is 5.67. The summed E-state index contributed by atoms with van der Waals surface area (Å²) in [6.45, 7) is 2.62. The topological polar surface area (TPSA) is 85.7 Å². The maximum atomic E-state index is 14.1. The maximum Gasteiger partial charge on any atom is 0.180 e. The van der Waals surface area contributed by atoms with E-state index >= 15 is 0 Å². The average Bonchev–Trinajstić information content (AvgIpc) is 2.91. The number of amidine groups is 1. The van der Waals surface area contributed by atoms with Gasteiger partial charge in [-0.25, -0.2) is 4.39 Å². The lowest BCUT2D eigenvalue weighted by atomic mass is 10.2. The molecule has 3 N–H and O–H groups in total. The summed E-state index contributed by atoms with van der Waals surface area (Å²) in [5.74, 6) is -0.393. The molecule has 8 heteroatoms. The minimum atomic E-state index is -0.640. The van der Waals surface area contributed by atoms with Crippen LogP contribution in [0.15, 0.2) is 34.2 Å². The molecule has 0 saturated carbocycles. The summed E-state index contributed by atoms with van der Waals surface area (Å²) in [4.78, 5) is 0. The zero-order valence-electron chi connectivity index (χ0n) is 10.5. The van der Waals surface area contributed by atoms with Crippen molar-refractivity contribution in [3.63, 3.8) is 0 Å². The third kappa shape index (κ3) is 2.74. The molecule has 0 unspecified atom stereocenters. The molecular formula is C12H12BrFN4O2. The van der Waals surface area contributed by atoms with Crippen LogP contribution < -0.4 is 10.5 Å². The van der Waals surface area contributed by atoms with Crippen LogP contribution in [0.4, 0.5) is 4.39 Å². The minimum absolute atomic E-state index is 0.0158. The number of ether oxygens (including phenoxy) is 1. The van der Waals surface area contributed by atoms with Crippen molar-refractivity contribution < 1.29 is 14.3 Å². The summed E-state index contributed by atoms with van der Waals surface area (Å²) >= 11 is 3.06. The smallest absolute Gasteiger partial charge is 0.180 e. The molecule has 0 saturated heterocycles. The summed E-state index contributed by atoms with van der Waals surface area (Å²) in [5, 5.41) is 15.5. The molecule has 2 aromatic rings. The Morgan fingerprint density at radius 2 is 2.35 bits per heavy atom. The van der Waals surface area contributed by atoms with Crippen LogP contribution in [0.3, 0.4) is 0 Å². The molecule has 0 fully saturated rings. The largest absolute Gasteiger partial charge is 0.451 e. The van der Waals surface area contributed by atoms with Crippen molar-refractivity contribution >= 4 is 21.8 Å². The van der Waals surface area contributed by atoms with Gasteiger partial charge < -0.3 is 15.7 Å². The Kier molecular flexibility index (Phi) is 4.23. The van der Waals surface area contributed by atoms with Gasteiger partial charge in [0, 0.05) is 12.1 Å². The Hall–Kier alpha value is -2.09. The quantitative estimate of drug-likeness (QED) is 0.387. The van der Waals surface area contributed by atoms with E-state index in [2.05, 4.69) is 26.2 Å². The fourth-order valence-corrected chi connectivity index (χ4v) is 2.09. The second-order valence-electron chi connectivity index (χ2n) is 3.86. The van der Waals surface area contributed by atoms with Crippen LogP contribution in [-0.4, -0.2) is 20.8 Å². The van der Waals surface area contributed by atoms with Gasteiger partial charge in [-0.2, -0.15) is 5.10 Å². The second kappa shape index (κ2) is 5.91. The Morgan fingerprint density at radius 1 is 1.60 bits per heavy atom. The molecule has 0 radical (unpaired) electrons. The van der Waals surface area contributed by atoms with E-state index in [-0.39, 0.29) is 21.6 Å². The van der Waals surface area contributed by atoms with Crippen LogP contribution in [0.2, 0.25) is 0 Å². The van der Waals surface area contributed by atoms with E-state index in [9.17, 15) is 4.39 Å². The minimum Gasteiger partial charge on any atom is -0.451 e. The number of aromatic nitrogens is 2. The highest BCUT2D eigenvalue weighted by Gasteiger charge is 2.16.